The van der Waals surface area contributed by atoms with E-state index in [1.807, 2.05) is 103 Å². The molecule has 1 saturated heterocycles. The smallest absolute Gasteiger partial charge is 0.399 e. The first kappa shape index (κ1) is 25.1. The maximum absolute atomic E-state index is 6.19. The maximum atomic E-state index is 6.19. The van der Waals surface area contributed by atoms with Gasteiger partial charge in [-0.05, 0) is 45.3 Å². The Hall–Kier alpha value is -4.20. The fourth-order valence-electron chi connectivity index (χ4n) is 4.42. The summed E-state index contributed by atoms with van der Waals surface area (Å²) in [4.78, 5) is 19.1. The van der Waals surface area contributed by atoms with E-state index >= 15 is 0 Å². The number of rotatable bonds is 5. The summed E-state index contributed by atoms with van der Waals surface area (Å²) in [5, 5.41) is 0. The van der Waals surface area contributed by atoms with Crippen LogP contribution >= 0.6 is 0 Å². The molecule has 0 amide bonds. The lowest BCUT2D eigenvalue weighted by Gasteiger charge is -2.32. The van der Waals surface area contributed by atoms with Crippen molar-refractivity contribution in [3.8, 4) is 45.4 Å². The van der Waals surface area contributed by atoms with Gasteiger partial charge in [0.1, 0.15) is 0 Å². The van der Waals surface area contributed by atoms with Gasteiger partial charge in [-0.1, -0.05) is 84.9 Å². The van der Waals surface area contributed by atoms with Crippen molar-refractivity contribution in [3.63, 3.8) is 0 Å². The second-order valence-electron chi connectivity index (χ2n) is 10.7. The third-order valence-electron chi connectivity index (χ3n) is 7.45. The third kappa shape index (κ3) is 4.99. The van der Waals surface area contributed by atoms with E-state index in [4.69, 9.17) is 29.2 Å². The summed E-state index contributed by atoms with van der Waals surface area (Å²) < 4.78 is 12.4. The molecule has 39 heavy (non-hydrogen) atoms. The molecule has 0 atom stereocenters. The first-order valence-electron chi connectivity index (χ1n) is 13.1. The van der Waals surface area contributed by atoms with Gasteiger partial charge in [0, 0.05) is 28.5 Å². The van der Waals surface area contributed by atoms with Crippen molar-refractivity contribution in [1.82, 2.24) is 19.9 Å². The molecule has 0 radical (unpaired) electrons. The molecule has 5 aromatic rings. The summed E-state index contributed by atoms with van der Waals surface area (Å²) in [5.41, 5.74) is 4.81. The minimum atomic E-state index is -0.388. The monoisotopic (exact) mass is 512 g/mol. The highest BCUT2D eigenvalue weighted by Crippen LogP contribution is 2.36. The number of benzene rings is 3. The summed E-state index contributed by atoms with van der Waals surface area (Å²) in [6, 6.07) is 32.1. The Bertz CT molecular complexity index is 1520. The predicted octanol–water partition coefficient (Wildman–Crippen LogP) is 6.23. The Balaban J connectivity index is 1.29. The van der Waals surface area contributed by atoms with Crippen molar-refractivity contribution in [1.29, 1.82) is 0 Å². The van der Waals surface area contributed by atoms with Gasteiger partial charge in [-0.25, -0.2) is 15.0 Å². The summed E-state index contributed by atoms with van der Waals surface area (Å²) in [6.45, 7) is 8.24. The molecule has 3 heterocycles. The number of aromatic nitrogens is 4. The molecule has 7 heteroatoms. The van der Waals surface area contributed by atoms with Crippen molar-refractivity contribution >= 4 is 12.6 Å². The molecule has 0 spiro atoms. The van der Waals surface area contributed by atoms with Crippen LogP contribution in [0.5, 0.6) is 0 Å². The van der Waals surface area contributed by atoms with Gasteiger partial charge in [0.25, 0.3) is 0 Å². The molecule has 1 fully saturated rings. The first-order valence-corrected chi connectivity index (χ1v) is 13.1. The zero-order chi connectivity index (χ0) is 27.0. The van der Waals surface area contributed by atoms with Crippen LogP contribution in [0.3, 0.4) is 0 Å². The molecule has 0 N–H and O–H groups in total. The fourth-order valence-corrected chi connectivity index (χ4v) is 4.42. The normalized spacial score (nSPS) is 15.8. The molecule has 2 aromatic heterocycles. The molecule has 0 bridgehead atoms. The van der Waals surface area contributed by atoms with E-state index in [1.54, 1.807) is 0 Å². The first-order chi connectivity index (χ1) is 18.8. The van der Waals surface area contributed by atoms with E-state index in [0.717, 1.165) is 33.4 Å². The average Bonchev–Trinajstić information content (AvgIpc) is 3.20. The van der Waals surface area contributed by atoms with Crippen LogP contribution in [0.2, 0.25) is 0 Å². The SMILES string of the molecule is CC1(C)OB(c2ccc(-c3ccc(-c4nc(-c5ccccc5)nc(-c5ccccc5)n4)cn3)cc2)OC1(C)C. The van der Waals surface area contributed by atoms with E-state index in [2.05, 4.69) is 27.7 Å². The van der Waals surface area contributed by atoms with Crippen LogP contribution in [-0.4, -0.2) is 38.3 Å². The number of hydrogen-bond donors (Lipinski definition) is 0. The van der Waals surface area contributed by atoms with Gasteiger partial charge in [0.05, 0.1) is 16.9 Å². The summed E-state index contributed by atoms with van der Waals surface area (Å²) in [5.74, 6) is 1.83. The van der Waals surface area contributed by atoms with Crippen LogP contribution in [0.1, 0.15) is 27.7 Å². The summed E-state index contributed by atoms with van der Waals surface area (Å²) in [7, 11) is -0.388. The molecule has 6 nitrogen and oxygen atoms in total. The van der Waals surface area contributed by atoms with E-state index in [1.165, 1.54) is 0 Å². The highest BCUT2D eigenvalue weighted by molar-refractivity contribution is 6.62. The van der Waals surface area contributed by atoms with Crippen LogP contribution in [0.25, 0.3) is 45.4 Å². The second-order valence-corrected chi connectivity index (χ2v) is 10.7. The Morgan fingerprint density at radius 1 is 0.513 bits per heavy atom. The average molecular weight is 512 g/mol. The number of hydrogen-bond acceptors (Lipinski definition) is 6. The van der Waals surface area contributed by atoms with Crippen LogP contribution in [0, 0.1) is 0 Å². The topological polar surface area (TPSA) is 70.0 Å². The molecule has 0 saturated carbocycles. The third-order valence-corrected chi connectivity index (χ3v) is 7.45. The van der Waals surface area contributed by atoms with Gasteiger partial charge in [0.15, 0.2) is 17.5 Å². The molecule has 192 valence electrons. The van der Waals surface area contributed by atoms with Crippen molar-refractivity contribution in [3.05, 3.63) is 103 Å². The van der Waals surface area contributed by atoms with Crippen molar-refractivity contribution in [2.24, 2.45) is 0 Å². The molecule has 1 aliphatic rings. The minimum Gasteiger partial charge on any atom is -0.399 e. The Kier molecular flexibility index (Phi) is 6.33. The molecule has 0 unspecified atom stereocenters. The van der Waals surface area contributed by atoms with E-state index < -0.39 is 0 Å². The second kappa shape index (κ2) is 9.84. The zero-order valence-corrected chi connectivity index (χ0v) is 22.5. The van der Waals surface area contributed by atoms with Gasteiger partial charge >= 0.3 is 7.12 Å². The van der Waals surface area contributed by atoms with E-state index in [-0.39, 0.29) is 18.3 Å². The van der Waals surface area contributed by atoms with Gasteiger partial charge in [-0.2, -0.15) is 0 Å². The molecule has 0 aliphatic carbocycles. The number of pyridine rings is 1. The van der Waals surface area contributed by atoms with Gasteiger partial charge < -0.3 is 9.31 Å². The lowest BCUT2D eigenvalue weighted by atomic mass is 9.79. The highest BCUT2D eigenvalue weighted by atomic mass is 16.7. The zero-order valence-electron chi connectivity index (χ0n) is 22.5. The fraction of sp³-hybridized carbons (Fsp3) is 0.188. The van der Waals surface area contributed by atoms with Crippen molar-refractivity contribution < 1.29 is 9.31 Å². The Labute approximate surface area is 229 Å². The quantitative estimate of drug-likeness (QED) is 0.260. The van der Waals surface area contributed by atoms with E-state index in [9.17, 15) is 0 Å². The summed E-state index contributed by atoms with van der Waals surface area (Å²) in [6.07, 6.45) is 1.82. The van der Waals surface area contributed by atoms with E-state index in [0.29, 0.717) is 17.5 Å². The lowest BCUT2D eigenvalue weighted by Crippen LogP contribution is -2.41. The van der Waals surface area contributed by atoms with Gasteiger partial charge in [-0.15, -0.1) is 0 Å². The summed E-state index contributed by atoms with van der Waals surface area (Å²) >= 11 is 0. The van der Waals surface area contributed by atoms with Gasteiger partial charge in [0.2, 0.25) is 0 Å². The molecule has 1 aliphatic heterocycles. The Morgan fingerprint density at radius 3 is 1.44 bits per heavy atom. The van der Waals surface area contributed by atoms with Crippen molar-refractivity contribution in [2.75, 3.05) is 0 Å². The minimum absolute atomic E-state index is 0.372. The van der Waals surface area contributed by atoms with Crippen molar-refractivity contribution in [2.45, 2.75) is 38.9 Å². The lowest BCUT2D eigenvalue weighted by molar-refractivity contribution is 0.00578. The van der Waals surface area contributed by atoms with Gasteiger partial charge in [-0.3, -0.25) is 4.98 Å². The molecule has 3 aromatic carbocycles. The number of nitrogens with zero attached hydrogens (tertiary/aromatic N) is 4. The molecular weight excluding hydrogens is 483 g/mol. The van der Waals surface area contributed by atoms with Crippen LogP contribution < -0.4 is 5.46 Å². The standard InChI is InChI=1S/C32H29BN4O2/c1-31(2)32(3,4)39-33(38-31)26-18-15-22(16-19-26)27-20-17-25(21-34-27)30-36-28(23-11-7-5-8-12-23)35-29(37-30)24-13-9-6-10-14-24/h5-21H,1-4H3. The largest absolute Gasteiger partial charge is 0.494 e. The van der Waals surface area contributed by atoms with Crippen LogP contribution in [0.4, 0.5) is 0 Å². The molecule has 6 rings (SSSR count). The van der Waals surface area contributed by atoms with Crippen LogP contribution in [-0.2, 0) is 9.31 Å². The predicted molar refractivity (Wildman–Crippen MR) is 155 cm³/mol. The highest BCUT2D eigenvalue weighted by Gasteiger charge is 2.51. The maximum Gasteiger partial charge on any atom is 0.494 e. The Morgan fingerprint density at radius 2 is 0.974 bits per heavy atom. The molecular formula is C32H29BN4O2. The van der Waals surface area contributed by atoms with Crippen LogP contribution in [0.15, 0.2) is 103 Å².